The number of pyridine rings is 1. The molecule has 41 heavy (non-hydrogen) atoms. The number of amides is 1. The number of rotatable bonds is 7. The highest BCUT2D eigenvalue weighted by Crippen LogP contribution is 2.41. The number of hydrogen-bond donors (Lipinski definition) is 1. The van der Waals surface area contributed by atoms with E-state index >= 15 is 0 Å². The molecule has 8 nitrogen and oxygen atoms in total. The van der Waals surface area contributed by atoms with Crippen molar-refractivity contribution in [2.24, 2.45) is 0 Å². The molecule has 11 heteroatoms. The molecule has 1 aliphatic rings. The Balaban J connectivity index is 1.40. The SMILES string of the molecule is Cc1cc(C(F)(F)F)c(C#N)c(N2CCC[C@H]2c2nccn2-c2ccccc2CNC(=O)OCc2ccccc2)n1. The quantitative estimate of drug-likeness (QED) is 0.288. The van der Waals surface area contributed by atoms with Crippen molar-refractivity contribution in [1.29, 1.82) is 5.26 Å². The molecule has 0 unspecified atom stereocenters. The summed E-state index contributed by atoms with van der Waals surface area (Å²) < 4.78 is 48.6. The van der Waals surface area contributed by atoms with Crippen LogP contribution in [0.3, 0.4) is 0 Å². The molecule has 0 radical (unpaired) electrons. The van der Waals surface area contributed by atoms with Crippen LogP contribution in [0, 0.1) is 18.3 Å². The number of benzene rings is 2. The van der Waals surface area contributed by atoms with Gasteiger partial charge in [-0.1, -0.05) is 48.5 Å². The number of alkyl halides is 3. The van der Waals surface area contributed by atoms with Crippen molar-refractivity contribution in [3.05, 3.63) is 107 Å². The Labute approximate surface area is 235 Å². The smallest absolute Gasteiger partial charge is 0.417 e. The predicted octanol–water partition coefficient (Wildman–Crippen LogP) is 6.23. The summed E-state index contributed by atoms with van der Waals surface area (Å²) >= 11 is 0. The second-order valence-corrected chi connectivity index (χ2v) is 9.67. The van der Waals surface area contributed by atoms with Gasteiger partial charge in [0.2, 0.25) is 0 Å². The summed E-state index contributed by atoms with van der Waals surface area (Å²) in [5, 5.41) is 12.5. The number of nitriles is 1. The highest BCUT2D eigenvalue weighted by Gasteiger charge is 2.39. The number of carbonyl (C=O) groups excluding carboxylic acids is 1. The van der Waals surface area contributed by atoms with Crippen LogP contribution in [0.1, 0.15) is 52.7 Å². The van der Waals surface area contributed by atoms with Crippen LogP contribution in [0.2, 0.25) is 0 Å². The van der Waals surface area contributed by atoms with Gasteiger partial charge < -0.3 is 19.5 Å². The van der Waals surface area contributed by atoms with Crippen molar-refractivity contribution in [2.45, 2.75) is 45.1 Å². The fraction of sp³-hybridized carbons (Fsp3) is 0.267. The van der Waals surface area contributed by atoms with Gasteiger partial charge >= 0.3 is 12.3 Å². The van der Waals surface area contributed by atoms with Gasteiger partial charge in [-0.05, 0) is 43.0 Å². The van der Waals surface area contributed by atoms with Crippen molar-refractivity contribution >= 4 is 11.9 Å². The molecule has 1 amide bonds. The number of nitrogens with zero attached hydrogens (tertiary/aromatic N) is 5. The number of aryl methyl sites for hydroxylation is 1. The summed E-state index contributed by atoms with van der Waals surface area (Å²) in [6, 6.07) is 19.0. The van der Waals surface area contributed by atoms with Crippen LogP contribution in [-0.2, 0) is 24.1 Å². The third-order valence-corrected chi connectivity index (χ3v) is 6.92. The molecule has 0 bridgehead atoms. The van der Waals surface area contributed by atoms with Crippen molar-refractivity contribution in [3.8, 4) is 11.8 Å². The van der Waals surface area contributed by atoms with Crippen LogP contribution >= 0.6 is 0 Å². The molecule has 1 aliphatic heterocycles. The average Bonchev–Trinajstić information content (AvgIpc) is 3.64. The van der Waals surface area contributed by atoms with Crippen LogP contribution in [-0.4, -0.2) is 27.2 Å². The largest absolute Gasteiger partial charge is 0.445 e. The highest BCUT2D eigenvalue weighted by atomic mass is 19.4. The number of halogens is 3. The monoisotopic (exact) mass is 560 g/mol. The maximum Gasteiger partial charge on any atom is 0.417 e. The minimum absolute atomic E-state index is 0.00740. The lowest BCUT2D eigenvalue weighted by Gasteiger charge is -2.28. The zero-order chi connectivity index (χ0) is 29.0. The molecule has 2 aromatic heterocycles. The van der Waals surface area contributed by atoms with Crippen LogP contribution in [0.15, 0.2) is 73.1 Å². The van der Waals surface area contributed by atoms with Gasteiger partial charge in [-0.15, -0.1) is 0 Å². The molecule has 2 aromatic carbocycles. The van der Waals surface area contributed by atoms with Gasteiger partial charge in [0.05, 0.1) is 17.3 Å². The molecule has 1 fully saturated rings. The fourth-order valence-electron chi connectivity index (χ4n) is 5.09. The maximum absolute atomic E-state index is 13.8. The van der Waals surface area contributed by atoms with E-state index in [0.717, 1.165) is 22.9 Å². The Bertz CT molecular complexity index is 1580. The summed E-state index contributed by atoms with van der Waals surface area (Å²) in [5.41, 5.74) is 1.11. The Morgan fingerprint density at radius 3 is 2.68 bits per heavy atom. The first kappa shape index (κ1) is 27.7. The molecule has 1 atom stereocenters. The van der Waals surface area contributed by atoms with Gasteiger partial charge in [-0.2, -0.15) is 18.4 Å². The van der Waals surface area contributed by atoms with Crippen LogP contribution in [0.25, 0.3) is 5.69 Å². The van der Waals surface area contributed by atoms with E-state index in [4.69, 9.17) is 4.74 Å². The zero-order valence-electron chi connectivity index (χ0n) is 22.2. The number of para-hydroxylation sites is 1. The summed E-state index contributed by atoms with van der Waals surface area (Å²) in [4.78, 5) is 23.1. The number of alkyl carbamates (subject to hydrolysis) is 1. The molecular formula is C30H27F3N6O2. The predicted molar refractivity (Wildman–Crippen MR) is 145 cm³/mol. The normalized spacial score (nSPS) is 15.0. The van der Waals surface area contributed by atoms with Crippen LogP contribution in [0.4, 0.5) is 23.8 Å². The fourth-order valence-corrected chi connectivity index (χ4v) is 5.09. The number of anilines is 1. The van der Waals surface area contributed by atoms with Crippen molar-refractivity contribution in [2.75, 3.05) is 11.4 Å². The van der Waals surface area contributed by atoms with Crippen LogP contribution in [0.5, 0.6) is 0 Å². The highest BCUT2D eigenvalue weighted by molar-refractivity contribution is 5.67. The first-order valence-corrected chi connectivity index (χ1v) is 13.1. The Morgan fingerprint density at radius 1 is 1.17 bits per heavy atom. The maximum atomic E-state index is 13.8. The number of carbonyl (C=O) groups is 1. The van der Waals surface area contributed by atoms with Gasteiger partial charge in [0.25, 0.3) is 0 Å². The molecule has 5 rings (SSSR count). The molecule has 1 saturated heterocycles. The Kier molecular flexibility index (Phi) is 7.92. The summed E-state index contributed by atoms with van der Waals surface area (Å²) in [6.45, 7) is 2.24. The van der Waals surface area contributed by atoms with E-state index in [2.05, 4.69) is 15.3 Å². The minimum atomic E-state index is -4.69. The standard InChI is InChI=1S/C30H27F3N6O2/c1-20-16-24(30(31,32)33)23(17-34)27(37-20)38-14-7-12-26(38)28-35-13-15-39(28)25-11-6-5-10-22(25)18-36-29(40)41-19-21-8-3-2-4-9-21/h2-6,8-11,13,15-16,26H,7,12,14,18-19H2,1H3,(H,36,40)/t26-/m0/s1. The van der Waals surface area contributed by atoms with E-state index in [0.29, 0.717) is 25.2 Å². The average molecular weight is 561 g/mol. The first-order valence-electron chi connectivity index (χ1n) is 13.1. The molecule has 0 spiro atoms. The van der Waals surface area contributed by atoms with Gasteiger partial charge in [0.1, 0.15) is 29.9 Å². The van der Waals surface area contributed by atoms with Gasteiger partial charge in [0, 0.05) is 31.2 Å². The van der Waals surface area contributed by atoms with Gasteiger partial charge in [0.15, 0.2) is 0 Å². The lowest BCUT2D eigenvalue weighted by molar-refractivity contribution is -0.137. The van der Waals surface area contributed by atoms with Gasteiger partial charge in [-0.25, -0.2) is 14.8 Å². The summed E-state index contributed by atoms with van der Waals surface area (Å²) in [6.07, 6.45) is -0.545. The van der Waals surface area contributed by atoms with Gasteiger partial charge in [-0.3, -0.25) is 0 Å². The lowest BCUT2D eigenvalue weighted by Crippen LogP contribution is -2.28. The number of ether oxygens (including phenoxy) is 1. The van der Waals surface area contributed by atoms with E-state index in [1.165, 1.54) is 6.92 Å². The van der Waals surface area contributed by atoms with E-state index < -0.39 is 29.4 Å². The number of nitrogens with one attached hydrogen (secondary N) is 1. The molecule has 0 aliphatic carbocycles. The molecule has 3 heterocycles. The number of hydrogen-bond acceptors (Lipinski definition) is 6. The van der Waals surface area contributed by atoms with E-state index in [1.54, 1.807) is 23.4 Å². The third-order valence-electron chi connectivity index (χ3n) is 6.92. The lowest BCUT2D eigenvalue weighted by atomic mass is 10.1. The number of imidazole rings is 1. The second-order valence-electron chi connectivity index (χ2n) is 9.67. The molecule has 210 valence electrons. The zero-order valence-corrected chi connectivity index (χ0v) is 22.2. The third kappa shape index (κ3) is 6.01. The summed E-state index contributed by atoms with van der Waals surface area (Å²) in [5.74, 6) is 0.607. The molecular weight excluding hydrogens is 533 g/mol. The van der Waals surface area contributed by atoms with Crippen molar-refractivity contribution in [3.63, 3.8) is 0 Å². The van der Waals surface area contributed by atoms with E-state index in [1.807, 2.05) is 59.2 Å². The summed E-state index contributed by atoms with van der Waals surface area (Å²) in [7, 11) is 0. The Morgan fingerprint density at radius 2 is 1.93 bits per heavy atom. The van der Waals surface area contributed by atoms with Crippen molar-refractivity contribution < 1.29 is 22.7 Å². The molecule has 0 saturated carbocycles. The molecule has 4 aromatic rings. The Hall–Kier alpha value is -4.85. The van der Waals surface area contributed by atoms with E-state index in [9.17, 15) is 23.2 Å². The number of aromatic nitrogens is 3. The van der Waals surface area contributed by atoms with Crippen molar-refractivity contribution in [1.82, 2.24) is 19.9 Å². The first-order chi connectivity index (χ1) is 19.8. The topological polar surface area (TPSA) is 96.1 Å². The minimum Gasteiger partial charge on any atom is -0.445 e. The second kappa shape index (κ2) is 11.7. The molecule has 1 N–H and O–H groups in total. The van der Waals surface area contributed by atoms with Crippen LogP contribution < -0.4 is 10.2 Å². The van der Waals surface area contributed by atoms with E-state index in [-0.39, 0.29) is 24.7 Å².